The summed E-state index contributed by atoms with van der Waals surface area (Å²) in [4.78, 5) is 55.7. The van der Waals surface area contributed by atoms with Gasteiger partial charge < -0.3 is 31.2 Å². The number of carbonyl (C=O) groups excluding carboxylic acids is 3. The van der Waals surface area contributed by atoms with Crippen molar-refractivity contribution < 1.29 is 23.9 Å². The quantitative estimate of drug-likeness (QED) is 0.343. The number of hydrogen-bond donors (Lipinski definition) is 3. The Morgan fingerprint density at radius 3 is 2.39 bits per heavy atom. The van der Waals surface area contributed by atoms with Crippen LogP contribution in [0.25, 0.3) is 11.2 Å². The molecule has 0 unspecified atom stereocenters. The number of hydrogen-bond acceptors (Lipinski definition) is 12. The summed E-state index contributed by atoms with van der Waals surface area (Å²) in [6.45, 7) is 5.57. The van der Waals surface area contributed by atoms with Crippen molar-refractivity contribution >= 4 is 46.5 Å². The molecule has 0 radical (unpaired) electrons. The Morgan fingerprint density at radius 1 is 1.08 bits per heavy atom. The highest BCUT2D eigenvalue weighted by molar-refractivity contribution is 5.97. The van der Waals surface area contributed by atoms with E-state index < -0.39 is 29.5 Å². The average Bonchev–Trinajstić information content (AvgIpc) is 2.85. The zero-order valence-electron chi connectivity index (χ0n) is 22.0. The minimum atomic E-state index is -1.01. The highest BCUT2D eigenvalue weighted by Gasteiger charge is 2.27. The molecule has 2 heterocycles. The van der Waals surface area contributed by atoms with Crippen LogP contribution in [0, 0.1) is 0 Å². The van der Waals surface area contributed by atoms with Gasteiger partial charge in [-0.2, -0.15) is 9.97 Å². The lowest BCUT2D eigenvalue weighted by atomic mass is 10.1. The van der Waals surface area contributed by atoms with Gasteiger partial charge in [-0.3, -0.25) is 9.59 Å². The number of carbonyl (C=O) groups is 3. The van der Waals surface area contributed by atoms with Gasteiger partial charge in [0, 0.05) is 24.7 Å². The van der Waals surface area contributed by atoms with Crippen LogP contribution < -0.4 is 21.7 Å². The minimum absolute atomic E-state index is 0.0270. The smallest absolute Gasteiger partial charge is 0.329 e. The van der Waals surface area contributed by atoms with E-state index in [4.69, 9.17) is 16.2 Å². The molecule has 1 amide bonds. The van der Waals surface area contributed by atoms with E-state index in [9.17, 15) is 14.4 Å². The number of nitrogens with zero attached hydrogens (tertiary/aromatic N) is 5. The van der Waals surface area contributed by atoms with Gasteiger partial charge in [-0.1, -0.05) is 0 Å². The first-order valence-electron chi connectivity index (χ1n) is 11.8. The summed E-state index contributed by atoms with van der Waals surface area (Å²) in [5, 5.41) is 2.66. The molecule has 0 saturated heterocycles. The summed E-state index contributed by atoms with van der Waals surface area (Å²) >= 11 is 0. The topological polar surface area (TPSA) is 189 Å². The molecule has 0 bridgehead atoms. The summed E-state index contributed by atoms with van der Waals surface area (Å²) in [6.07, 6.45) is 1.58. The summed E-state index contributed by atoms with van der Waals surface area (Å²) < 4.78 is 10.1. The van der Waals surface area contributed by atoms with Crippen molar-refractivity contribution in [3.05, 3.63) is 41.7 Å². The first kappa shape index (κ1) is 28.0. The highest BCUT2D eigenvalue weighted by Crippen LogP contribution is 2.19. The molecular weight excluding hydrogens is 492 g/mol. The van der Waals surface area contributed by atoms with Crippen molar-refractivity contribution in [1.29, 1.82) is 0 Å². The highest BCUT2D eigenvalue weighted by atomic mass is 16.6. The van der Waals surface area contributed by atoms with Crippen LogP contribution >= 0.6 is 0 Å². The molecule has 13 nitrogen and oxygen atoms in total. The Kier molecular flexibility index (Phi) is 8.61. The fraction of sp³-hybridized carbons (Fsp3) is 0.400. The van der Waals surface area contributed by atoms with Crippen molar-refractivity contribution in [2.75, 3.05) is 30.5 Å². The van der Waals surface area contributed by atoms with Crippen molar-refractivity contribution in [3.63, 3.8) is 0 Å². The predicted octanol–water partition coefficient (Wildman–Crippen LogP) is 1.61. The summed E-state index contributed by atoms with van der Waals surface area (Å²) in [5.41, 5.74) is 13.2. The first-order chi connectivity index (χ1) is 17.9. The Bertz CT molecular complexity index is 1320. The normalized spacial score (nSPS) is 12.0. The minimum Gasteiger partial charge on any atom is -0.469 e. The standard InChI is InChI=1S/C25H32N8O5/c1-25(2,3)38-23(36)17(10-11-18(34)37-5)30-22(35)14-6-8-16(9-7-14)33(4)13-15-12-28-21-19(29-15)20(26)31-24(27)32-21/h6-9,12,17H,10-11,13H2,1-5H3,(H,30,35)(H4,26,27,28,31,32)/t17-/m0/s1. The van der Waals surface area contributed by atoms with Crippen LogP contribution in [0.2, 0.25) is 0 Å². The fourth-order valence-corrected chi connectivity index (χ4v) is 3.49. The number of esters is 2. The fourth-order valence-electron chi connectivity index (χ4n) is 3.49. The third-order valence-electron chi connectivity index (χ3n) is 5.33. The van der Waals surface area contributed by atoms with Crippen LogP contribution in [0.5, 0.6) is 0 Å². The van der Waals surface area contributed by atoms with Gasteiger partial charge in [0.2, 0.25) is 5.95 Å². The van der Waals surface area contributed by atoms with Crippen LogP contribution in [0.3, 0.4) is 0 Å². The largest absolute Gasteiger partial charge is 0.469 e. The Morgan fingerprint density at radius 2 is 1.76 bits per heavy atom. The van der Waals surface area contributed by atoms with Gasteiger partial charge in [0.1, 0.15) is 11.6 Å². The van der Waals surface area contributed by atoms with Gasteiger partial charge in [0.15, 0.2) is 17.0 Å². The molecule has 0 aliphatic carbocycles. The monoisotopic (exact) mass is 524 g/mol. The van der Waals surface area contributed by atoms with Crippen LogP contribution in [-0.4, -0.2) is 63.6 Å². The van der Waals surface area contributed by atoms with Gasteiger partial charge in [0.25, 0.3) is 5.91 Å². The number of methoxy groups -OCH3 is 1. The number of aromatic nitrogens is 4. The Labute approximate surface area is 219 Å². The average molecular weight is 525 g/mol. The van der Waals surface area contributed by atoms with Crippen molar-refractivity contribution in [2.45, 2.75) is 51.8 Å². The SMILES string of the molecule is COC(=O)CC[C@H](NC(=O)c1ccc(N(C)Cc2cnc3nc(N)nc(N)c3n2)cc1)C(=O)OC(C)(C)C. The van der Waals surface area contributed by atoms with E-state index in [1.54, 1.807) is 51.2 Å². The van der Waals surface area contributed by atoms with Gasteiger partial charge in [-0.25, -0.2) is 14.8 Å². The summed E-state index contributed by atoms with van der Waals surface area (Å²) in [6, 6.07) is 5.78. The molecule has 13 heteroatoms. The first-order valence-corrected chi connectivity index (χ1v) is 11.8. The molecule has 202 valence electrons. The Balaban J connectivity index is 1.69. The molecule has 3 rings (SSSR count). The molecule has 0 aliphatic heterocycles. The van der Waals surface area contributed by atoms with Crippen LogP contribution in [-0.2, 0) is 25.6 Å². The summed E-state index contributed by atoms with van der Waals surface area (Å²) in [7, 11) is 3.11. The predicted molar refractivity (Wildman–Crippen MR) is 141 cm³/mol. The van der Waals surface area contributed by atoms with Crippen LogP contribution in [0.15, 0.2) is 30.5 Å². The molecule has 0 fully saturated rings. The van der Waals surface area contributed by atoms with Gasteiger partial charge in [0.05, 0.1) is 25.5 Å². The lowest BCUT2D eigenvalue weighted by Gasteiger charge is -2.24. The molecule has 1 aromatic carbocycles. The van der Waals surface area contributed by atoms with Crippen molar-refractivity contribution in [2.24, 2.45) is 0 Å². The number of anilines is 3. The number of benzene rings is 1. The van der Waals surface area contributed by atoms with Crippen molar-refractivity contribution in [3.8, 4) is 0 Å². The van der Waals surface area contributed by atoms with Crippen LogP contribution in [0.4, 0.5) is 17.5 Å². The molecule has 0 spiro atoms. The molecule has 5 N–H and O–H groups in total. The molecular formula is C25H32N8O5. The van der Waals surface area contributed by atoms with Crippen molar-refractivity contribution in [1.82, 2.24) is 25.3 Å². The van der Waals surface area contributed by atoms with E-state index in [0.29, 0.717) is 29.0 Å². The number of nitrogens with one attached hydrogen (secondary N) is 1. The summed E-state index contributed by atoms with van der Waals surface area (Å²) in [5.74, 6) is -1.42. The van der Waals surface area contributed by atoms with Gasteiger partial charge >= 0.3 is 11.9 Å². The molecule has 2 aromatic heterocycles. The molecule has 0 saturated carbocycles. The number of nitrogen functional groups attached to an aromatic ring is 2. The molecule has 38 heavy (non-hydrogen) atoms. The second-order valence-electron chi connectivity index (χ2n) is 9.58. The second kappa shape index (κ2) is 11.7. The Hall–Kier alpha value is -4.55. The lowest BCUT2D eigenvalue weighted by Crippen LogP contribution is -2.44. The second-order valence-corrected chi connectivity index (χ2v) is 9.58. The number of ether oxygens (including phenoxy) is 2. The van der Waals surface area contributed by atoms with E-state index in [0.717, 1.165) is 5.69 Å². The lowest BCUT2D eigenvalue weighted by molar-refractivity contribution is -0.157. The van der Waals surface area contributed by atoms with E-state index in [2.05, 4.69) is 30.0 Å². The zero-order valence-corrected chi connectivity index (χ0v) is 22.0. The van der Waals surface area contributed by atoms with Gasteiger partial charge in [-0.15, -0.1) is 0 Å². The maximum atomic E-state index is 12.9. The number of nitrogens with two attached hydrogens (primary N) is 2. The third-order valence-corrected chi connectivity index (χ3v) is 5.33. The van der Waals surface area contributed by atoms with E-state index >= 15 is 0 Å². The van der Waals surface area contributed by atoms with E-state index in [1.807, 2.05) is 11.9 Å². The van der Waals surface area contributed by atoms with E-state index in [1.165, 1.54) is 7.11 Å². The molecule has 3 aromatic rings. The van der Waals surface area contributed by atoms with Gasteiger partial charge in [-0.05, 0) is 51.5 Å². The van der Waals surface area contributed by atoms with E-state index in [-0.39, 0.29) is 24.6 Å². The number of amides is 1. The maximum Gasteiger partial charge on any atom is 0.329 e. The number of rotatable bonds is 9. The molecule has 1 atom stereocenters. The molecule has 0 aliphatic rings. The van der Waals surface area contributed by atoms with Crippen LogP contribution in [0.1, 0.15) is 49.7 Å². The third kappa shape index (κ3) is 7.48. The number of fused-ring (bicyclic) bond motifs is 1. The zero-order chi connectivity index (χ0) is 28.0. The maximum absolute atomic E-state index is 12.9.